The summed E-state index contributed by atoms with van der Waals surface area (Å²) >= 11 is 0. The minimum absolute atomic E-state index is 0.111. The van der Waals surface area contributed by atoms with Crippen LogP contribution in [0.3, 0.4) is 0 Å². The molecule has 7 nitrogen and oxygen atoms in total. The van der Waals surface area contributed by atoms with Crippen LogP contribution in [0.1, 0.15) is 36.5 Å². The van der Waals surface area contributed by atoms with Crippen LogP contribution in [0, 0.1) is 5.92 Å². The molecule has 1 aliphatic rings. The number of ether oxygens (including phenoxy) is 1. The molecule has 2 N–H and O–H groups in total. The van der Waals surface area contributed by atoms with E-state index in [0.717, 1.165) is 24.0 Å². The van der Waals surface area contributed by atoms with Crippen LogP contribution < -0.4 is 10.6 Å². The summed E-state index contributed by atoms with van der Waals surface area (Å²) in [5, 5.41) is 5.77. The van der Waals surface area contributed by atoms with Crippen molar-refractivity contribution in [3.8, 4) is 11.1 Å². The molecule has 1 aliphatic heterocycles. The second kappa shape index (κ2) is 11.9. The number of rotatable bonds is 8. The van der Waals surface area contributed by atoms with Crippen molar-refractivity contribution < 1.29 is 19.1 Å². The number of hydrogen-bond acceptors (Lipinski definition) is 4. The molecule has 0 aromatic heterocycles. The van der Waals surface area contributed by atoms with Gasteiger partial charge in [0, 0.05) is 31.7 Å². The molecule has 170 valence electrons. The molecule has 2 aromatic rings. The number of likely N-dealkylation sites (tertiary alicyclic amines) is 1. The molecule has 1 atom stereocenters. The summed E-state index contributed by atoms with van der Waals surface area (Å²) in [4.78, 5) is 38.1. The third kappa shape index (κ3) is 6.83. The van der Waals surface area contributed by atoms with Gasteiger partial charge in [-0.05, 0) is 48.9 Å². The van der Waals surface area contributed by atoms with Crippen LogP contribution in [0.5, 0.6) is 0 Å². The summed E-state index contributed by atoms with van der Waals surface area (Å²) in [7, 11) is 0. The molecule has 0 aliphatic carbocycles. The van der Waals surface area contributed by atoms with E-state index in [0.29, 0.717) is 31.8 Å². The van der Waals surface area contributed by atoms with Gasteiger partial charge in [0.2, 0.25) is 0 Å². The topological polar surface area (TPSA) is 87.7 Å². The van der Waals surface area contributed by atoms with Gasteiger partial charge in [-0.1, -0.05) is 42.5 Å². The van der Waals surface area contributed by atoms with Crippen molar-refractivity contribution in [2.24, 2.45) is 5.92 Å². The second-order valence-electron chi connectivity index (χ2n) is 7.89. The molecule has 1 saturated heterocycles. The van der Waals surface area contributed by atoms with E-state index >= 15 is 0 Å². The van der Waals surface area contributed by atoms with Crippen molar-refractivity contribution in [2.45, 2.75) is 26.2 Å². The first kappa shape index (κ1) is 23.3. The minimum atomic E-state index is -0.316. The van der Waals surface area contributed by atoms with E-state index in [-0.39, 0.29) is 36.8 Å². The molecule has 3 amide bonds. The minimum Gasteiger partial charge on any atom is -0.466 e. The molecule has 0 unspecified atom stereocenters. The highest BCUT2D eigenvalue weighted by Gasteiger charge is 2.24. The number of nitrogens with zero attached hydrogens (tertiary/aromatic N) is 1. The zero-order chi connectivity index (χ0) is 22.8. The SMILES string of the molecule is CCOC(=O)CCNC(=O)N1CCC[C@@H](CNC(=O)c2ccc(-c3ccccc3)cc2)C1. The van der Waals surface area contributed by atoms with E-state index in [1.54, 1.807) is 11.8 Å². The molecule has 0 spiro atoms. The zero-order valence-electron chi connectivity index (χ0n) is 18.5. The Morgan fingerprint density at radius 3 is 2.44 bits per heavy atom. The van der Waals surface area contributed by atoms with Gasteiger partial charge in [-0.2, -0.15) is 0 Å². The highest BCUT2D eigenvalue weighted by molar-refractivity contribution is 5.94. The third-order valence-electron chi connectivity index (χ3n) is 5.52. The Labute approximate surface area is 189 Å². The quantitative estimate of drug-likeness (QED) is 0.619. The molecule has 0 saturated carbocycles. The van der Waals surface area contributed by atoms with Crippen LogP contribution in [0.25, 0.3) is 11.1 Å². The number of amides is 3. The molecule has 0 bridgehead atoms. The fourth-order valence-corrected chi connectivity index (χ4v) is 3.82. The van der Waals surface area contributed by atoms with E-state index in [9.17, 15) is 14.4 Å². The van der Waals surface area contributed by atoms with E-state index in [1.807, 2.05) is 54.6 Å². The predicted molar refractivity (Wildman–Crippen MR) is 123 cm³/mol. The summed E-state index contributed by atoms with van der Waals surface area (Å²) in [6.07, 6.45) is 2.01. The van der Waals surface area contributed by atoms with Crippen LogP contribution in [-0.2, 0) is 9.53 Å². The maximum absolute atomic E-state index is 12.6. The fraction of sp³-hybridized carbons (Fsp3) is 0.400. The van der Waals surface area contributed by atoms with E-state index in [2.05, 4.69) is 10.6 Å². The lowest BCUT2D eigenvalue weighted by molar-refractivity contribution is -0.142. The van der Waals surface area contributed by atoms with Crippen molar-refractivity contribution >= 4 is 17.9 Å². The predicted octanol–water partition coefficient (Wildman–Crippen LogP) is 3.46. The Hall–Kier alpha value is -3.35. The van der Waals surface area contributed by atoms with Crippen LogP contribution >= 0.6 is 0 Å². The number of carbonyl (C=O) groups excluding carboxylic acids is 3. The second-order valence-corrected chi connectivity index (χ2v) is 7.89. The standard InChI is InChI=1S/C25H31N3O4/c1-2-32-23(29)14-15-26-25(31)28-16-6-7-19(18-28)17-27-24(30)22-12-10-21(11-13-22)20-8-4-3-5-9-20/h3-5,8-13,19H,2,6-7,14-18H2,1H3,(H,26,31)(H,27,30)/t19-/m0/s1. The number of carbonyl (C=O) groups is 3. The molecular formula is C25H31N3O4. The van der Waals surface area contributed by atoms with E-state index in [4.69, 9.17) is 4.74 Å². The average molecular weight is 438 g/mol. The monoisotopic (exact) mass is 437 g/mol. The number of hydrogen-bond donors (Lipinski definition) is 2. The van der Waals surface area contributed by atoms with Gasteiger partial charge in [-0.15, -0.1) is 0 Å². The summed E-state index contributed by atoms with van der Waals surface area (Å²) in [5.41, 5.74) is 2.80. The lowest BCUT2D eigenvalue weighted by atomic mass is 9.98. The molecule has 2 aromatic carbocycles. The van der Waals surface area contributed by atoms with Gasteiger partial charge in [0.05, 0.1) is 13.0 Å². The van der Waals surface area contributed by atoms with Crippen LogP contribution in [0.4, 0.5) is 4.79 Å². The number of piperidine rings is 1. The van der Waals surface area contributed by atoms with Gasteiger partial charge in [0.1, 0.15) is 0 Å². The molecule has 3 rings (SSSR count). The number of nitrogens with one attached hydrogen (secondary N) is 2. The number of benzene rings is 2. The maximum atomic E-state index is 12.6. The van der Waals surface area contributed by atoms with Crippen molar-refractivity contribution in [3.05, 3.63) is 60.2 Å². The lowest BCUT2D eigenvalue weighted by Gasteiger charge is -2.32. The average Bonchev–Trinajstić information content (AvgIpc) is 2.83. The van der Waals surface area contributed by atoms with Gasteiger partial charge in [0.15, 0.2) is 0 Å². The van der Waals surface area contributed by atoms with Crippen molar-refractivity contribution in [1.82, 2.24) is 15.5 Å². The molecule has 0 radical (unpaired) electrons. The summed E-state index contributed by atoms with van der Waals surface area (Å²) in [6.45, 7) is 4.13. The Bertz CT molecular complexity index is 899. The van der Waals surface area contributed by atoms with Crippen molar-refractivity contribution in [1.29, 1.82) is 0 Å². The van der Waals surface area contributed by atoms with Gasteiger partial charge >= 0.3 is 12.0 Å². The summed E-state index contributed by atoms with van der Waals surface area (Å²) in [6, 6.07) is 17.4. The van der Waals surface area contributed by atoms with E-state index in [1.165, 1.54) is 0 Å². The molecule has 7 heteroatoms. The first-order valence-corrected chi connectivity index (χ1v) is 11.2. The largest absolute Gasteiger partial charge is 0.466 e. The van der Waals surface area contributed by atoms with Crippen LogP contribution in [-0.4, -0.2) is 55.6 Å². The normalized spacial score (nSPS) is 15.7. The van der Waals surface area contributed by atoms with Gasteiger partial charge < -0.3 is 20.3 Å². The summed E-state index contributed by atoms with van der Waals surface area (Å²) in [5.74, 6) is -0.225. The van der Waals surface area contributed by atoms with Crippen molar-refractivity contribution in [2.75, 3.05) is 32.8 Å². The molecule has 32 heavy (non-hydrogen) atoms. The summed E-state index contributed by atoms with van der Waals surface area (Å²) < 4.78 is 4.86. The van der Waals surface area contributed by atoms with E-state index < -0.39 is 0 Å². The first-order chi connectivity index (χ1) is 15.6. The Morgan fingerprint density at radius 2 is 1.72 bits per heavy atom. The smallest absolute Gasteiger partial charge is 0.317 e. The van der Waals surface area contributed by atoms with Crippen LogP contribution in [0.15, 0.2) is 54.6 Å². The molecular weight excluding hydrogens is 406 g/mol. The molecule has 1 heterocycles. The highest BCUT2D eigenvalue weighted by Crippen LogP contribution is 2.20. The van der Waals surface area contributed by atoms with Gasteiger partial charge in [-0.3, -0.25) is 9.59 Å². The highest BCUT2D eigenvalue weighted by atomic mass is 16.5. The zero-order valence-corrected chi connectivity index (χ0v) is 18.5. The van der Waals surface area contributed by atoms with Crippen LogP contribution in [0.2, 0.25) is 0 Å². The van der Waals surface area contributed by atoms with Gasteiger partial charge in [0.25, 0.3) is 5.91 Å². The third-order valence-corrected chi connectivity index (χ3v) is 5.52. The Morgan fingerprint density at radius 1 is 1.00 bits per heavy atom. The first-order valence-electron chi connectivity index (χ1n) is 11.2. The Kier molecular flexibility index (Phi) is 8.66. The van der Waals surface area contributed by atoms with Crippen molar-refractivity contribution in [3.63, 3.8) is 0 Å². The fourth-order valence-electron chi connectivity index (χ4n) is 3.82. The number of esters is 1. The number of urea groups is 1. The Balaban J connectivity index is 1.43. The molecule has 1 fully saturated rings. The van der Waals surface area contributed by atoms with Gasteiger partial charge in [-0.25, -0.2) is 4.79 Å². The maximum Gasteiger partial charge on any atom is 0.317 e. The lowest BCUT2D eigenvalue weighted by Crippen LogP contribution is -2.48.